The molecule has 31 heavy (non-hydrogen) atoms. The van der Waals surface area contributed by atoms with Crippen molar-refractivity contribution in [1.29, 1.82) is 0 Å². The first-order valence-corrected chi connectivity index (χ1v) is 11.1. The number of aromatic nitrogens is 1. The summed E-state index contributed by atoms with van der Waals surface area (Å²) < 4.78 is 6.37. The molecule has 1 aromatic heterocycles. The third-order valence-corrected chi connectivity index (χ3v) is 7.55. The molecule has 4 atom stereocenters. The van der Waals surface area contributed by atoms with Gasteiger partial charge in [-0.1, -0.05) is 47.6 Å². The summed E-state index contributed by atoms with van der Waals surface area (Å²) in [4.78, 5) is 32.1. The van der Waals surface area contributed by atoms with Gasteiger partial charge >= 0.3 is 0 Å². The Labute approximate surface area is 183 Å². The van der Waals surface area contributed by atoms with Gasteiger partial charge in [-0.25, -0.2) is 9.88 Å². The van der Waals surface area contributed by atoms with Gasteiger partial charge < -0.3 is 4.74 Å². The number of anilines is 1. The van der Waals surface area contributed by atoms with Gasteiger partial charge in [0, 0.05) is 0 Å². The molecule has 2 bridgehead atoms. The average Bonchev–Trinajstić information content (AvgIpc) is 3.55. The first-order chi connectivity index (χ1) is 15.1. The van der Waals surface area contributed by atoms with Crippen LogP contribution in [-0.2, 0) is 9.59 Å². The summed E-state index contributed by atoms with van der Waals surface area (Å²) in [7, 11) is 0. The van der Waals surface area contributed by atoms with Crippen molar-refractivity contribution in [3.63, 3.8) is 0 Å². The lowest BCUT2D eigenvalue weighted by molar-refractivity contribution is -0.123. The van der Waals surface area contributed by atoms with Gasteiger partial charge in [0.25, 0.3) is 0 Å². The summed E-state index contributed by atoms with van der Waals surface area (Å²) >= 11 is 1.39. The van der Waals surface area contributed by atoms with Crippen LogP contribution in [0, 0.1) is 36.0 Å². The maximum atomic E-state index is 13.1. The van der Waals surface area contributed by atoms with E-state index in [1.165, 1.54) is 16.2 Å². The van der Waals surface area contributed by atoms with Crippen molar-refractivity contribution in [2.24, 2.45) is 23.7 Å². The van der Waals surface area contributed by atoms with Gasteiger partial charge in [-0.3, -0.25) is 9.59 Å². The molecule has 6 rings (SSSR count). The second-order valence-electron chi connectivity index (χ2n) is 8.21. The zero-order valence-electron chi connectivity index (χ0n) is 16.5. The first-order valence-electron chi connectivity index (χ1n) is 10.3. The number of hydrogen-bond donors (Lipinski definition) is 0. The molecule has 2 amide bonds. The minimum atomic E-state index is -0.208. The molecule has 0 spiro atoms. The monoisotopic (exact) mass is 426 g/mol. The third-order valence-electron chi connectivity index (χ3n) is 6.55. The Morgan fingerprint density at radius 3 is 2.39 bits per heavy atom. The van der Waals surface area contributed by atoms with Gasteiger partial charge in [0.05, 0.1) is 22.1 Å². The molecule has 152 valence electrons. The van der Waals surface area contributed by atoms with Crippen molar-refractivity contribution in [3.05, 3.63) is 54.6 Å². The van der Waals surface area contributed by atoms with Gasteiger partial charge in [0.2, 0.25) is 11.8 Å². The van der Waals surface area contributed by atoms with Crippen molar-refractivity contribution in [2.75, 3.05) is 11.5 Å². The number of benzene rings is 2. The maximum Gasteiger partial charge on any atom is 0.240 e. The highest BCUT2D eigenvalue weighted by Gasteiger charge is 2.60. The van der Waals surface area contributed by atoms with E-state index >= 15 is 0 Å². The number of terminal acetylenes is 1. The van der Waals surface area contributed by atoms with Crippen LogP contribution in [0.25, 0.3) is 21.3 Å². The number of thiazole rings is 1. The predicted molar refractivity (Wildman–Crippen MR) is 120 cm³/mol. The second-order valence-corrected chi connectivity index (χ2v) is 9.22. The lowest BCUT2D eigenvalue weighted by atomic mass is 9.85. The van der Waals surface area contributed by atoms with Crippen molar-refractivity contribution in [3.8, 4) is 29.2 Å². The van der Waals surface area contributed by atoms with Gasteiger partial charge in [-0.2, -0.15) is 0 Å². The van der Waals surface area contributed by atoms with Gasteiger partial charge in [-0.05, 0) is 53.6 Å². The van der Waals surface area contributed by atoms with Gasteiger partial charge in [0.1, 0.15) is 12.4 Å². The highest BCUT2D eigenvalue weighted by atomic mass is 32.1. The molecule has 3 aliphatic rings. The largest absolute Gasteiger partial charge is 0.481 e. The van der Waals surface area contributed by atoms with E-state index in [4.69, 9.17) is 11.2 Å². The van der Waals surface area contributed by atoms with Crippen LogP contribution in [0.1, 0.15) is 6.42 Å². The lowest BCUT2D eigenvalue weighted by Crippen LogP contribution is -2.32. The van der Waals surface area contributed by atoms with Crippen LogP contribution in [-0.4, -0.2) is 23.4 Å². The summed E-state index contributed by atoms with van der Waals surface area (Å²) in [6, 6.07) is 13.7. The minimum Gasteiger partial charge on any atom is -0.481 e. The van der Waals surface area contributed by atoms with E-state index in [0.717, 1.165) is 33.5 Å². The molecule has 2 heterocycles. The molecular formula is C25H18N2O3S. The minimum absolute atomic E-state index is 0.0892. The van der Waals surface area contributed by atoms with E-state index in [2.05, 4.69) is 23.1 Å². The average molecular weight is 426 g/mol. The number of nitrogens with zero attached hydrogens (tertiary/aromatic N) is 2. The molecule has 4 unspecified atom stereocenters. The number of carbonyl (C=O) groups excluding carboxylic acids is 2. The Morgan fingerprint density at radius 2 is 1.71 bits per heavy atom. The Morgan fingerprint density at radius 1 is 1.03 bits per heavy atom. The molecule has 1 saturated carbocycles. The summed E-state index contributed by atoms with van der Waals surface area (Å²) in [6.07, 6.45) is 10.4. The fourth-order valence-electron chi connectivity index (χ4n) is 5.15. The second kappa shape index (κ2) is 6.79. The van der Waals surface area contributed by atoms with Crippen LogP contribution in [0.5, 0.6) is 5.75 Å². The summed E-state index contributed by atoms with van der Waals surface area (Å²) in [5.74, 6) is 2.98. The lowest BCUT2D eigenvalue weighted by Gasteiger charge is -2.14. The number of amides is 2. The fourth-order valence-corrected chi connectivity index (χ4v) is 6.16. The molecule has 3 aromatic rings. The molecule has 0 radical (unpaired) electrons. The zero-order valence-corrected chi connectivity index (χ0v) is 17.3. The Hall–Kier alpha value is -3.43. The molecule has 5 nitrogen and oxygen atoms in total. The number of fused-ring (bicyclic) bond motifs is 6. The van der Waals surface area contributed by atoms with Crippen LogP contribution in [0.15, 0.2) is 54.6 Å². The Bertz CT molecular complexity index is 1270. The number of rotatable bonds is 4. The molecule has 2 aliphatic carbocycles. The predicted octanol–water partition coefficient (Wildman–Crippen LogP) is 4.29. The van der Waals surface area contributed by atoms with E-state index in [1.54, 1.807) is 0 Å². The normalized spacial score (nSPS) is 26.0. The fraction of sp³-hybridized carbons (Fsp3) is 0.240. The Kier molecular flexibility index (Phi) is 4.02. The molecule has 0 N–H and O–H groups in total. The topological polar surface area (TPSA) is 59.5 Å². The van der Waals surface area contributed by atoms with E-state index in [0.29, 0.717) is 5.13 Å². The van der Waals surface area contributed by atoms with Gasteiger partial charge in [0.15, 0.2) is 5.13 Å². The van der Waals surface area contributed by atoms with Crippen LogP contribution >= 0.6 is 11.3 Å². The quantitative estimate of drug-likeness (QED) is 0.355. The van der Waals surface area contributed by atoms with Crippen LogP contribution in [0.3, 0.4) is 0 Å². The van der Waals surface area contributed by atoms with Crippen LogP contribution in [0.4, 0.5) is 5.13 Å². The molecule has 2 aromatic carbocycles. The molecule has 1 aliphatic heterocycles. The van der Waals surface area contributed by atoms with Crippen LogP contribution < -0.4 is 9.64 Å². The van der Waals surface area contributed by atoms with Crippen molar-refractivity contribution in [1.82, 2.24) is 4.98 Å². The summed E-state index contributed by atoms with van der Waals surface area (Å²) in [5.41, 5.74) is 2.86. The van der Waals surface area contributed by atoms with E-state index in [9.17, 15) is 9.59 Å². The number of imide groups is 1. The number of hydrogen-bond acceptors (Lipinski definition) is 5. The standard InChI is InChI=1S/C25H18N2O3S/c1-2-11-30-18-8-5-14(6-9-18)15-7-10-19-20(13-15)31-25(26-19)27-23(28)21-16-3-4-17(12-16)22(21)24(27)29/h1,3-10,13,16-17,21-22H,11-12H2. The molecular weight excluding hydrogens is 408 g/mol. The Balaban J connectivity index is 1.30. The van der Waals surface area contributed by atoms with E-state index < -0.39 is 0 Å². The van der Waals surface area contributed by atoms with E-state index in [-0.39, 0.29) is 42.1 Å². The van der Waals surface area contributed by atoms with Crippen molar-refractivity contribution >= 4 is 38.5 Å². The third kappa shape index (κ3) is 2.74. The number of allylic oxidation sites excluding steroid dienone is 2. The molecule has 2 fully saturated rings. The van der Waals surface area contributed by atoms with E-state index in [1.807, 2.05) is 42.5 Å². The summed E-state index contributed by atoms with van der Waals surface area (Å²) in [5, 5.41) is 0.481. The first kappa shape index (κ1) is 18.3. The number of ether oxygens (including phenoxy) is 1. The highest BCUT2D eigenvalue weighted by Crippen LogP contribution is 2.53. The maximum absolute atomic E-state index is 13.1. The zero-order chi connectivity index (χ0) is 21.1. The molecule has 1 saturated heterocycles. The van der Waals surface area contributed by atoms with Gasteiger partial charge in [-0.15, -0.1) is 6.42 Å². The SMILES string of the molecule is C#CCOc1ccc(-c2ccc3nc(N4C(=O)C5C6C=CC(C6)C5C4=O)sc3c2)cc1. The highest BCUT2D eigenvalue weighted by molar-refractivity contribution is 7.22. The number of carbonyl (C=O) groups is 2. The molecule has 6 heteroatoms. The van der Waals surface area contributed by atoms with Crippen molar-refractivity contribution < 1.29 is 14.3 Å². The van der Waals surface area contributed by atoms with Crippen molar-refractivity contribution in [2.45, 2.75) is 6.42 Å². The smallest absolute Gasteiger partial charge is 0.240 e. The summed E-state index contributed by atoms with van der Waals surface area (Å²) in [6.45, 7) is 0.238. The van der Waals surface area contributed by atoms with Crippen LogP contribution in [0.2, 0.25) is 0 Å².